The fourth-order valence-corrected chi connectivity index (χ4v) is 5.06. The van der Waals surface area contributed by atoms with E-state index in [1.807, 2.05) is 72.3 Å². The first kappa shape index (κ1) is 20.7. The SMILES string of the molecule is C[C@H](C(=O)N1CCC[C@H]1c1c(-c2ccnc(N3CCCC3)n2)cnn1C)c1ccccc1. The number of hydrogen-bond donors (Lipinski definition) is 0. The minimum Gasteiger partial charge on any atom is -0.341 e. The highest BCUT2D eigenvalue weighted by Gasteiger charge is 2.36. The molecule has 166 valence electrons. The minimum atomic E-state index is -0.172. The lowest BCUT2D eigenvalue weighted by molar-refractivity contribution is -0.133. The summed E-state index contributed by atoms with van der Waals surface area (Å²) in [5, 5.41) is 4.57. The Hall–Kier alpha value is -3.22. The largest absolute Gasteiger partial charge is 0.341 e. The number of amides is 1. The van der Waals surface area contributed by atoms with E-state index in [2.05, 4.69) is 15.0 Å². The zero-order chi connectivity index (χ0) is 22.1. The molecule has 32 heavy (non-hydrogen) atoms. The number of aryl methyl sites for hydroxylation is 1. The normalized spacial score (nSPS) is 19.5. The number of rotatable bonds is 5. The molecule has 2 aliphatic heterocycles. The molecule has 7 nitrogen and oxygen atoms in total. The van der Waals surface area contributed by atoms with Crippen LogP contribution in [-0.2, 0) is 11.8 Å². The summed E-state index contributed by atoms with van der Waals surface area (Å²) in [6.07, 6.45) is 8.01. The Bertz CT molecular complexity index is 1090. The topological polar surface area (TPSA) is 67.2 Å². The van der Waals surface area contributed by atoms with Gasteiger partial charge in [-0.25, -0.2) is 9.97 Å². The number of benzene rings is 1. The first-order chi connectivity index (χ1) is 15.6. The van der Waals surface area contributed by atoms with Crippen LogP contribution in [-0.4, -0.2) is 50.2 Å². The van der Waals surface area contributed by atoms with Gasteiger partial charge in [-0.3, -0.25) is 9.48 Å². The van der Waals surface area contributed by atoms with Crippen molar-refractivity contribution in [1.29, 1.82) is 0 Å². The molecule has 0 saturated carbocycles. The smallest absolute Gasteiger partial charge is 0.230 e. The molecule has 7 heteroatoms. The Morgan fingerprint density at radius 2 is 1.84 bits per heavy atom. The van der Waals surface area contributed by atoms with Crippen LogP contribution in [0.4, 0.5) is 5.95 Å². The molecule has 0 aliphatic carbocycles. The molecule has 1 aromatic carbocycles. The lowest BCUT2D eigenvalue weighted by Gasteiger charge is -2.28. The highest BCUT2D eigenvalue weighted by Crippen LogP contribution is 2.39. The third-order valence-electron chi connectivity index (χ3n) is 6.81. The summed E-state index contributed by atoms with van der Waals surface area (Å²) < 4.78 is 1.91. The summed E-state index contributed by atoms with van der Waals surface area (Å²) in [6, 6.07) is 12.0. The molecule has 0 N–H and O–H groups in total. The second-order valence-electron chi connectivity index (χ2n) is 8.83. The number of anilines is 1. The molecule has 2 aromatic heterocycles. The summed E-state index contributed by atoms with van der Waals surface area (Å²) in [4.78, 5) is 27.2. The summed E-state index contributed by atoms with van der Waals surface area (Å²) in [5.41, 5.74) is 3.98. The van der Waals surface area contributed by atoms with E-state index in [4.69, 9.17) is 4.98 Å². The van der Waals surface area contributed by atoms with Crippen LogP contribution >= 0.6 is 0 Å². The van der Waals surface area contributed by atoms with Crippen LogP contribution in [0.1, 0.15) is 55.8 Å². The standard InChI is InChI=1S/C25H30N6O/c1-18(19-9-4-3-5-10-19)24(32)31-16-8-11-22(31)23-20(17-27-29(23)2)21-12-13-26-25(28-21)30-14-6-7-15-30/h3-5,9-10,12-13,17-18,22H,6-8,11,14-16H2,1-2H3/t18-,22-/m0/s1. The Balaban J connectivity index is 1.46. The van der Waals surface area contributed by atoms with Crippen LogP contribution in [0.25, 0.3) is 11.3 Å². The minimum absolute atomic E-state index is 0.00126. The van der Waals surface area contributed by atoms with Gasteiger partial charge in [-0.1, -0.05) is 30.3 Å². The van der Waals surface area contributed by atoms with E-state index in [9.17, 15) is 4.79 Å². The van der Waals surface area contributed by atoms with E-state index in [0.29, 0.717) is 0 Å². The summed E-state index contributed by atoms with van der Waals surface area (Å²) in [6.45, 7) is 4.79. The highest BCUT2D eigenvalue weighted by atomic mass is 16.2. The summed E-state index contributed by atoms with van der Waals surface area (Å²) >= 11 is 0. The van der Waals surface area contributed by atoms with Gasteiger partial charge in [-0.2, -0.15) is 5.10 Å². The number of carbonyl (C=O) groups is 1. The van der Waals surface area contributed by atoms with Gasteiger partial charge in [0.25, 0.3) is 0 Å². The van der Waals surface area contributed by atoms with E-state index in [1.54, 1.807) is 0 Å². The maximum Gasteiger partial charge on any atom is 0.230 e. The zero-order valence-corrected chi connectivity index (χ0v) is 18.8. The van der Waals surface area contributed by atoms with Gasteiger partial charge < -0.3 is 9.80 Å². The molecular weight excluding hydrogens is 400 g/mol. The molecule has 2 saturated heterocycles. The van der Waals surface area contributed by atoms with Crippen molar-refractivity contribution in [2.75, 3.05) is 24.5 Å². The summed E-state index contributed by atoms with van der Waals surface area (Å²) in [7, 11) is 1.96. The lowest BCUT2D eigenvalue weighted by Crippen LogP contribution is -2.34. The third-order valence-corrected chi connectivity index (χ3v) is 6.81. The molecule has 0 spiro atoms. The molecular formula is C25H30N6O. The van der Waals surface area contributed by atoms with Crippen LogP contribution in [0.2, 0.25) is 0 Å². The molecule has 5 rings (SSSR count). The Morgan fingerprint density at radius 1 is 1.06 bits per heavy atom. The van der Waals surface area contributed by atoms with Crippen LogP contribution in [0.5, 0.6) is 0 Å². The average molecular weight is 431 g/mol. The predicted octanol–water partition coefficient (Wildman–Crippen LogP) is 3.94. The second kappa shape index (κ2) is 8.73. The van der Waals surface area contributed by atoms with Crippen molar-refractivity contribution in [3.63, 3.8) is 0 Å². The molecule has 4 heterocycles. The fourth-order valence-electron chi connectivity index (χ4n) is 5.06. The van der Waals surface area contributed by atoms with Gasteiger partial charge in [0, 0.05) is 38.4 Å². The van der Waals surface area contributed by atoms with Crippen molar-refractivity contribution in [3.05, 3.63) is 60.0 Å². The Morgan fingerprint density at radius 3 is 2.62 bits per heavy atom. The van der Waals surface area contributed by atoms with E-state index in [1.165, 1.54) is 12.8 Å². The Kier molecular flexibility index (Phi) is 5.64. The van der Waals surface area contributed by atoms with E-state index >= 15 is 0 Å². The number of hydrogen-bond acceptors (Lipinski definition) is 5. The van der Waals surface area contributed by atoms with Gasteiger partial charge in [0.2, 0.25) is 11.9 Å². The monoisotopic (exact) mass is 430 g/mol. The highest BCUT2D eigenvalue weighted by molar-refractivity contribution is 5.84. The van der Waals surface area contributed by atoms with Crippen LogP contribution in [0.3, 0.4) is 0 Å². The molecule has 0 radical (unpaired) electrons. The third kappa shape index (κ3) is 3.76. The predicted molar refractivity (Wildman–Crippen MR) is 124 cm³/mol. The van der Waals surface area contributed by atoms with Crippen LogP contribution < -0.4 is 4.90 Å². The van der Waals surface area contributed by atoms with E-state index in [0.717, 1.165) is 60.9 Å². The number of nitrogens with zero attached hydrogens (tertiary/aromatic N) is 6. The van der Waals surface area contributed by atoms with Gasteiger partial charge in [0.1, 0.15) is 0 Å². The second-order valence-corrected chi connectivity index (χ2v) is 8.83. The average Bonchev–Trinajstić information content (AvgIpc) is 3.59. The van der Waals surface area contributed by atoms with Crippen molar-refractivity contribution in [2.45, 2.75) is 44.6 Å². The van der Waals surface area contributed by atoms with Crippen LogP contribution in [0, 0.1) is 0 Å². The maximum absolute atomic E-state index is 13.5. The fraction of sp³-hybridized carbons (Fsp3) is 0.440. The van der Waals surface area contributed by atoms with E-state index < -0.39 is 0 Å². The van der Waals surface area contributed by atoms with Crippen molar-refractivity contribution in [1.82, 2.24) is 24.6 Å². The van der Waals surface area contributed by atoms with Gasteiger partial charge >= 0.3 is 0 Å². The number of likely N-dealkylation sites (tertiary alicyclic amines) is 1. The van der Waals surface area contributed by atoms with Gasteiger partial charge in [0.05, 0.1) is 29.5 Å². The molecule has 3 aromatic rings. The maximum atomic E-state index is 13.5. The first-order valence-electron chi connectivity index (χ1n) is 11.6. The van der Waals surface area contributed by atoms with Gasteiger partial charge in [0.15, 0.2) is 0 Å². The lowest BCUT2D eigenvalue weighted by atomic mass is 9.98. The van der Waals surface area contributed by atoms with Gasteiger partial charge in [-0.05, 0) is 44.2 Å². The summed E-state index contributed by atoms with van der Waals surface area (Å²) in [5.74, 6) is 0.785. The van der Waals surface area contributed by atoms with Crippen LogP contribution in [0.15, 0.2) is 48.8 Å². The number of aromatic nitrogens is 4. The van der Waals surface area contributed by atoms with Gasteiger partial charge in [-0.15, -0.1) is 0 Å². The van der Waals surface area contributed by atoms with Crippen molar-refractivity contribution >= 4 is 11.9 Å². The van der Waals surface area contributed by atoms with Crippen molar-refractivity contribution in [3.8, 4) is 11.3 Å². The molecule has 2 fully saturated rings. The molecule has 0 bridgehead atoms. The van der Waals surface area contributed by atoms with E-state index in [-0.39, 0.29) is 17.9 Å². The first-order valence-corrected chi connectivity index (χ1v) is 11.6. The molecule has 2 aliphatic rings. The van der Waals surface area contributed by atoms with Crippen molar-refractivity contribution in [2.24, 2.45) is 7.05 Å². The molecule has 2 atom stereocenters. The Labute approximate surface area is 189 Å². The quantitative estimate of drug-likeness (QED) is 0.613. The number of carbonyl (C=O) groups excluding carboxylic acids is 1. The molecule has 1 amide bonds. The van der Waals surface area contributed by atoms with Crippen molar-refractivity contribution < 1.29 is 4.79 Å². The molecule has 0 unspecified atom stereocenters. The zero-order valence-electron chi connectivity index (χ0n) is 18.8.